The van der Waals surface area contributed by atoms with Crippen LogP contribution in [-0.2, 0) is 17.8 Å². The summed E-state index contributed by atoms with van der Waals surface area (Å²) in [5.41, 5.74) is 3.96. The number of fused-ring (bicyclic) bond motifs is 1. The lowest BCUT2D eigenvalue weighted by Gasteiger charge is -2.32. The molecule has 2 aliphatic heterocycles. The third kappa shape index (κ3) is 5.68. The van der Waals surface area contributed by atoms with Crippen LogP contribution >= 0.6 is 0 Å². The van der Waals surface area contributed by atoms with Gasteiger partial charge in [-0.3, -0.25) is 9.59 Å². The van der Waals surface area contributed by atoms with Gasteiger partial charge in [-0.15, -0.1) is 0 Å². The van der Waals surface area contributed by atoms with Gasteiger partial charge < -0.3 is 15.1 Å². The average Bonchev–Trinajstić information content (AvgIpc) is 3.25. The van der Waals surface area contributed by atoms with Crippen molar-refractivity contribution in [3.05, 3.63) is 107 Å². The number of carbonyl (C=O) groups is 2. The molecule has 5 heteroatoms. The van der Waals surface area contributed by atoms with Crippen molar-refractivity contribution in [3.8, 4) is 0 Å². The fourth-order valence-corrected chi connectivity index (χ4v) is 5.57. The summed E-state index contributed by atoms with van der Waals surface area (Å²) in [6.45, 7) is 4.31. The lowest BCUT2D eigenvalue weighted by atomic mass is 9.90. The van der Waals surface area contributed by atoms with Crippen molar-refractivity contribution >= 4 is 11.8 Å². The van der Waals surface area contributed by atoms with Crippen LogP contribution in [0.5, 0.6) is 0 Å². The molecule has 3 aromatic carbocycles. The number of carbonyl (C=O) groups excluding carboxylic acids is 2. The average molecular weight is 482 g/mol. The molecule has 5 nitrogen and oxygen atoms in total. The lowest BCUT2D eigenvalue weighted by molar-refractivity contribution is -0.126. The molecule has 5 rings (SSSR count). The highest BCUT2D eigenvalue weighted by Gasteiger charge is 2.37. The Kier molecular flexibility index (Phi) is 7.77. The number of amides is 2. The SMILES string of the molecule is O=C(NCCCN1CCC(Cc2ccccc2)CC1)C(c1ccccc1)N1Cc2ccccc2C1=O. The molecule has 2 heterocycles. The minimum absolute atomic E-state index is 0.0759. The molecule has 0 spiro atoms. The van der Waals surface area contributed by atoms with Gasteiger partial charge in [-0.05, 0) is 74.0 Å². The van der Waals surface area contributed by atoms with E-state index < -0.39 is 6.04 Å². The Labute approximate surface area is 214 Å². The molecule has 186 valence electrons. The molecule has 0 aliphatic carbocycles. The monoisotopic (exact) mass is 481 g/mol. The van der Waals surface area contributed by atoms with E-state index in [0.29, 0.717) is 18.7 Å². The maximum Gasteiger partial charge on any atom is 0.255 e. The number of hydrogen-bond acceptors (Lipinski definition) is 3. The quantitative estimate of drug-likeness (QED) is 0.445. The Morgan fingerprint density at radius 2 is 1.56 bits per heavy atom. The van der Waals surface area contributed by atoms with Crippen molar-refractivity contribution in [3.63, 3.8) is 0 Å². The van der Waals surface area contributed by atoms with E-state index in [1.807, 2.05) is 54.6 Å². The first kappa shape index (κ1) is 24.3. The van der Waals surface area contributed by atoms with Crippen molar-refractivity contribution in [1.82, 2.24) is 15.1 Å². The van der Waals surface area contributed by atoms with E-state index in [1.165, 1.54) is 24.8 Å². The smallest absolute Gasteiger partial charge is 0.255 e. The van der Waals surface area contributed by atoms with E-state index in [1.54, 1.807) is 4.90 Å². The molecule has 1 atom stereocenters. The number of nitrogens with one attached hydrogen (secondary N) is 1. The minimum atomic E-state index is -0.625. The fourth-order valence-electron chi connectivity index (χ4n) is 5.57. The number of piperidine rings is 1. The van der Waals surface area contributed by atoms with E-state index in [-0.39, 0.29) is 11.8 Å². The van der Waals surface area contributed by atoms with E-state index in [0.717, 1.165) is 43.1 Å². The molecule has 3 aromatic rings. The topological polar surface area (TPSA) is 52.7 Å². The Bertz CT molecular complexity index is 1160. The van der Waals surface area contributed by atoms with E-state index in [9.17, 15) is 9.59 Å². The molecule has 2 amide bonds. The number of nitrogens with zero attached hydrogens (tertiary/aromatic N) is 2. The molecular weight excluding hydrogens is 446 g/mol. The highest BCUT2D eigenvalue weighted by Crippen LogP contribution is 2.31. The summed E-state index contributed by atoms with van der Waals surface area (Å²) >= 11 is 0. The molecule has 36 heavy (non-hydrogen) atoms. The standard InChI is InChI=1S/C31H35N3O2/c35-30(32-18-9-19-33-20-16-25(17-21-33)22-24-10-3-1-4-11-24)29(26-12-5-2-6-13-26)34-23-27-14-7-8-15-28(27)31(34)36/h1-8,10-15,25,29H,9,16-23H2,(H,32,35). The first-order valence-corrected chi connectivity index (χ1v) is 13.2. The second-order valence-corrected chi connectivity index (χ2v) is 10.0. The summed E-state index contributed by atoms with van der Waals surface area (Å²) in [4.78, 5) is 30.7. The summed E-state index contributed by atoms with van der Waals surface area (Å²) in [5, 5.41) is 3.13. The molecule has 0 saturated carbocycles. The highest BCUT2D eigenvalue weighted by molar-refractivity contribution is 6.01. The molecule has 0 bridgehead atoms. The van der Waals surface area contributed by atoms with E-state index in [4.69, 9.17) is 0 Å². The van der Waals surface area contributed by atoms with Crippen molar-refractivity contribution in [1.29, 1.82) is 0 Å². The molecule has 0 aromatic heterocycles. The van der Waals surface area contributed by atoms with Crippen molar-refractivity contribution in [2.45, 2.75) is 38.3 Å². The lowest BCUT2D eigenvalue weighted by Crippen LogP contribution is -2.42. The van der Waals surface area contributed by atoms with Crippen LogP contribution in [0.3, 0.4) is 0 Å². The van der Waals surface area contributed by atoms with Gasteiger partial charge in [0, 0.05) is 18.7 Å². The Morgan fingerprint density at radius 3 is 2.28 bits per heavy atom. The van der Waals surface area contributed by atoms with Crippen LogP contribution in [-0.4, -0.2) is 47.8 Å². The number of benzene rings is 3. The predicted molar refractivity (Wildman–Crippen MR) is 142 cm³/mol. The number of hydrogen-bond donors (Lipinski definition) is 1. The molecule has 1 N–H and O–H groups in total. The van der Waals surface area contributed by atoms with E-state index in [2.05, 4.69) is 40.5 Å². The van der Waals surface area contributed by atoms with Crippen LogP contribution in [0.15, 0.2) is 84.9 Å². The van der Waals surface area contributed by atoms with Gasteiger partial charge in [0.15, 0.2) is 0 Å². The zero-order valence-electron chi connectivity index (χ0n) is 20.8. The number of rotatable bonds is 9. The second kappa shape index (κ2) is 11.5. The zero-order valence-corrected chi connectivity index (χ0v) is 20.8. The summed E-state index contributed by atoms with van der Waals surface area (Å²) in [6.07, 6.45) is 4.54. The molecule has 1 saturated heterocycles. The number of likely N-dealkylation sites (tertiary alicyclic amines) is 1. The van der Waals surface area contributed by atoms with Gasteiger partial charge in [-0.25, -0.2) is 0 Å². The van der Waals surface area contributed by atoms with Crippen LogP contribution in [0.4, 0.5) is 0 Å². The van der Waals surface area contributed by atoms with Gasteiger partial charge in [0.2, 0.25) is 5.91 Å². The summed E-state index contributed by atoms with van der Waals surface area (Å²) in [7, 11) is 0. The summed E-state index contributed by atoms with van der Waals surface area (Å²) in [6, 6.07) is 27.4. The first-order valence-electron chi connectivity index (χ1n) is 13.2. The summed E-state index contributed by atoms with van der Waals surface area (Å²) < 4.78 is 0. The van der Waals surface area contributed by atoms with Gasteiger partial charge in [0.05, 0.1) is 0 Å². The van der Waals surface area contributed by atoms with Gasteiger partial charge in [0.25, 0.3) is 5.91 Å². The Morgan fingerprint density at radius 1 is 0.889 bits per heavy atom. The maximum atomic E-state index is 13.4. The van der Waals surface area contributed by atoms with Crippen molar-refractivity contribution in [2.75, 3.05) is 26.2 Å². The molecule has 1 unspecified atom stereocenters. The molecule has 0 radical (unpaired) electrons. The van der Waals surface area contributed by atoms with Crippen molar-refractivity contribution in [2.24, 2.45) is 5.92 Å². The third-order valence-electron chi connectivity index (χ3n) is 7.55. The highest BCUT2D eigenvalue weighted by atomic mass is 16.2. The Hall–Kier alpha value is -3.44. The van der Waals surface area contributed by atoms with Crippen molar-refractivity contribution < 1.29 is 9.59 Å². The van der Waals surface area contributed by atoms with Crippen LogP contribution in [0, 0.1) is 5.92 Å². The molecule has 2 aliphatic rings. The normalized spacial score (nSPS) is 17.1. The first-order chi connectivity index (χ1) is 17.7. The Balaban J connectivity index is 1.11. The fraction of sp³-hybridized carbons (Fsp3) is 0.355. The minimum Gasteiger partial charge on any atom is -0.354 e. The second-order valence-electron chi connectivity index (χ2n) is 10.0. The van der Waals surface area contributed by atoms with Crippen LogP contribution in [0.25, 0.3) is 0 Å². The van der Waals surface area contributed by atoms with Crippen LogP contribution in [0.2, 0.25) is 0 Å². The largest absolute Gasteiger partial charge is 0.354 e. The van der Waals surface area contributed by atoms with Gasteiger partial charge >= 0.3 is 0 Å². The van der Waals surface area contributed by atoms with E-state index >= 15 is 0 Å². The maximum absolute atomic E-state index is 13.4. The predicted octanol–water partition coefficient (Wildman–Crippen LogP) is 4.84. The van der Waals surface area contributed by atoms with Gasteiger partial charge in [-0.1, -0.05) is 78.9 Å². The molecule has 1 fully saturated rings. The van der Waals surface area contributed by atoms with Crippen LogP contribution < -0.4 is 5.32 Å². The zero-order chi connectivity index (χ0) is 24.7. The van der Waals surface area contributed by atoms with Gasteiger partial charge in [-0.2, -0.15) is 0 Å². The molecular formula is C31H35N3O2. The van der Waals surface area contributed by atoms with Crippen LogP contribution in [0.1, 0.15) is 52.4 Å². The van der Waals surface area contributed by atoms with Gasteiger partial charge in [0.1, 0.15) is 6.04 Å². The third-order valence-corrected chi connectivity index (χ3v) is 7.55. The summed E-state index contributed by atoms with van der Waals surface area (Å²) in [5.74, 6) is 0.578.